The molecule has 9 heteroatoms. The molecule has 1 heterocycles. The minimum Gasteiger partial charge on any atom is -0.480 e. The first-order valence-electron chi connectivity index (χ1n) is 11.7. The van der Waals surface area contributed by atoms with Crippen molar-refractivity contribution in [1.29, 1.82) is 0 Å². The molecule has 0 saturated carbocycles. The van der Waals surface area contributed by atoms with Crippen LogP contribution in [0.2, 0.25) is 0 Å². The van der Waals surface area contributed by atoms with Gasteiger partial charge in [0.1, 0.15) is 18.7 Å². The zero-order valence-electron chi connectivity index (χ0n) is 20.0. The molecule has 35 heavy (non-hydrogen) atoms. The van der Waals surface area contributed by atoms with Crippen LogP contribution in [-0.2, 0) is 19.1 Å². The fourth-order valence-corrected chi connectivity index (χ4v) is 4.84. The molecule has 2 aromatic carbocycles. The molecule has 0 spiro atoms. The number of carbonyl (C=O) groups excluding carboxylic acids is 2. The fraction of sp³-hybridized carbons (Fsp3) is 0.423. The van der Waals surface area contributed by atoms with Crippen LogP contribution < -0.4 is 5.32 Å². The molecule has 1 aliphatic carbocycles. The molecule has 2 atom stereocenters. The van der Waals surface area contributed by atoms with Crippen LogP contribution >= 0.6 is 0 Å². The van der Waals surface area contributed by atoms with E-state index < -0.39 is 24.1 Å². The van der Waals surface area contributed by atoms with Gasteiger partial charge in [-0.2, -0.15) is 0 Å². The first kappa shape index (κ1) is 24.7. The lowest BCUT2D eigenvalue weighted by Gasteiger charge is -2.38. The van der Waals surface area contributed by atoms with E-state index in [9.17, 15) is 19.5 Å². The summed E-state index contributed by atoms with van der Waals surface area (Å²) in [5.74, 6) is -1.41. The number of methoxy groups -OCH3 is 1. The summed E-state index contributed by atoms with van der Waals surface area (Å²) >= 11 is 0. The Morgan fingerprint density at radius 2 is 1.69 bits per heavy atom. The number of fused-ring (bicyclic) bond motifs is 3. The summed E-state index contributed by atoms with van der Waals surface area (Å²) in [6, 6.07) is 14.5. The molecule has 2 unspecified atom stereocenters. The number of nitrogens with zero attached hydrogens (tertiary/aromatic N) is 2. The van der Waals surface area contributed by atoms with Gasteiger partial charge in [-0.15, -0.1) is 0 Å². The monoisotopic (exact) mass is 481 g/mol. The molecule has 2 amide bonds. The second-order valence-corrected chi connectivity index (χ2v) is 8.92. The summed E-state index contributed by atoms with van der Waals surface area (Å²) < 4.78 is 10.7. The first-order chi connectivity index (χ1) is 16.9. The molecule has 186 valence electrons. The summed E-state index contributed by atoms with van der Waals surface area (Å²) in [6.07, 6.45) is -0.436. The number of rotatable bonds is 8. The number of amides is 2. The molecule has 2 aromatic rings. The summed E-state index contributed by atoms with van der Waals surface area (Å²) in [6.45, 7) is 1.27. The third-order valence-electron chi connectivity index (χ3n) is 6.79. The first-order valence-corrected chi connectivity index (χ1v) is 11.7. The maximum atomic E-state index is 13.2. The molecular formula is C26H31N3O6. The SMILES string of the molecule is COCCC(NC(=O)OCC1c2ccccc2-c2ccccc21)C(=O)N1CCN(C)C(C(=O)O)C1. The van der Waals surface area contributed by atoms with E-state index in [4.69, 9.17) is 9.47 Å². The van der Waals surface area contributed by atoms with Crippen LogP contribution in [0.3, 0.4) is 0 Å². The molecule has 0 aromatic heterocycles. The molecule has 2 aliphatic rings. The zero-order chi connectivity index (χ0) is 24.9. The van der Waals surface area contributed by atoms with E-state index >= 15 is 0 Å². The van der Waals surface area contributed by atoms with Crippen LogP contribution in [-0.4, -0.2) is 92.0 Å². The molecular weight excluding hydrogens is 450 g/mol. The highest BCUT2D eigenvalue weighted by molar-refractivity contribution is 5.87. The maximum absolute atomic E-state index is 13.2. The van der Waals surface area contributed by atoms with Gasteiger partial charge in [0.2, 0.25) is 5.91 Å². The van der Waals surface area contributed by atoms with Crippen LogP contribution in [0.25, 0.3) is 11.1 Å². The average molecular weight is 482 g/mol. The van der Waals surface area contributed by atoms with Crippen molar-refractivity contribution in [2.75, 3.05) is 47.0 Å². The Morgan fingerprint density at radius 3 is 2.29 bits per heavy atom. The molecule has 1 saturated heterocycles. The van der Waals surface area contributed by atoms with Crippen molar-refractivity contribution >= 4 is 18.0 Å². The molecule has 1 fully saturated rings. The van der Waals surface area contributed by atoms with E-state index in [1.54, 1.807) is 11.9 Å². The topological polar surface area (TPSA) is 108 Å². The Labute approximate surface area is 204 Å². The lowest BCUT2D eigenvalue weighted by molar-refractivity contribution is -0.148. The van der Waals surface area contributed by atoms with E-state index in [0.29, 0.717) is 13.1 Å². The summed E-state index contributed by atoms with van der Waals surface area (Å²) in [5.41, 5.74) is 4.47. The number of alkyl carbamates (subject to hydrolysis) is 1. The Kier molecular flexibility index (Phi) is 7.67. The summed E-state index contributed by atoms with van der Waals surface area (Å²) in [7, 11) is 3.24. The van der Waals surface area contributed by atoms with E-state index in [1.807, 2.05) is 36.4 Å². The van der Waals surface area contributed by atoms with Gasteiger partial charge in [-0.25, -0.2) is 4.79 Å². The Morgan fingerprint density at radius 1 is 1.06 bits per heavy atom. The number of piperazine rings is 1. The highest BCUT2D eigenvalue weighted by atomic mass is 16.5. The largest absolute Gasteiger partial charge is 0.480 e. The van der Waals surface area contributed by atoms with Gasteiger partial charge in [0.25, 0.3) is 0 Å². The number of carboxylic acid groups (broad SMARTS) is 1. The summed E-state index contributed by atoms with van der Waals surface area (Å²) in [4.78, 5) is 40.7. The van der Waals surface area contributed by atoms with Crippen molar-refractivity contribution in [2.24, 2.45) is 0 Å². The van der Waals surface area contributed by atoms with E-state index in [0.717, 1.165) is 22.3 Å². The van der Waals surface area contributed by atoms with Crippen molar-refractivity contribution < 1.29 is 29.0 Å². The number of likely N-dealkylation sites (N-methyl/N-ethyl adjacent to an activating group) is 1. The number of aliphatic carboxylic acids is 1. The van der Waals surface area contributed by atoms with Gasteiger partial charge in [-0.3, -0.25) is 14.5 Å². The molecule has 4 rings (SSSR count). The van der Waals surface area contributed by atoms with Crippen molar-refractivity contribution in [3.05, 3.63) is 59.7 Å². The molecule has 0 bridgehead atoms. The summed E-state index contributed by atoms with van der Waals surface area (Å²) in [5, 5.41) is 12.1. The Bertz CT molecular complexity index is 1040. The normalized spacial score (nSPS) is 18.5. The lowest BCUT2D eigenvalue weighted by atomic mass is 9.98. The van der Waals surface area contributed by atoms with E-state index in [2.05, 4.69) is 17.4 Å². The third kappa shape index (κ3) is 5.31. The second-order valence-electron chi connectivity index (χ2n) is 8.92. The number of benzene rings is 2. The van der Waals surface area contributed by atoms with Gasteiger partial charge in [0.15, 0.2) is 0 Å². The number of carboxylic acids is 1. The number of hydrogen-bond donors (Lipinski definition) is 2. The molecule has 9 nitrogen and oxygen atoms in total. The van der Waals surface area contributed by atoms with Gasteiger partial charge in [0, 0.05) is 45.7 Å². The van der Waals surface area contributed by atoms with Gasteiger partial charge < -0.3 is 24.8 Å². The number of nitrogens with one attached hydrogen (secondary N) is 1. The Hall–Kier alpha value is -3.43. The van der Waals surface area contributed by atoms with Gasteiger partial charge in [0.05, 0.1) is 0 Å². The number of ether oxygens (including phenoxy) is 2. The lowest BCUT2D eigenvalue weighted by Crippen LogP contribution is -2.59. The van der Waals surface area contributed by atoms with Gasteiger partial charge >= 0.3 is 12.1 Å². The smallest absolute Gasteiger partial charge is 0.407 e. The van der Waals surface area contributed by atoms with Crippen molar-refractivity contribution in [3.63, 3.8) is 0 Å². The van der Waals surface area contributed by atoms with Crippen molar-refractivity contribution in [2.45, 2.75) is 24.4 Å². The quantitative estimate of drug-likeness (QED) is 0.595. The Balaban J connectivity index is 1.41. The minimum atomic E-state index is -0.983. The minimum absolute atomic E-state index is 0.0561. The van der Waals surface area contributed by atoms with Crippen LogP contribution in [0.4, 0.5) is 4.79 Å². The predicted octanol–water partition coefficient (Wildman–Crippen LogP) is 2.16. The van der Waals surface area contributed by atoms with E-state index in [1.165, 1.54) is 12.0 Å². The number of carbonyl (C=O) groups is 3. The molecule has 2 N–H and O–H groups in total. The predicted molar refractivity (Wildman–Crippen MR) is 129 cm³/mol. The maximum Gasteiger partial charge on any atom is 0.407 e. The standard InChI is InChI=1S/C26H31N3O6/c1-28-12-13-29(15-23(28)25(31)32)24(30)22(11-14-34-2)27-26(33)35-16-21-19-9-5-3-7-17(19)18-8-4-6-10-20(18)21/h3-10,21-23H,11-16H2,1-2H3,(H,27,33)(H,31,32). The van der Waals surface area contributed by atoms with Crippen LogP contribution in [0, 0.1) is 0 Å². The molecule has 0 radical (unpaired) electrons. The zero-order valence-corrected chi connectivity index (χ0v) is 20.0. The van der Waals surface area contributed by atoms with Crippen LogP contribution in [0.5, 0.6) is 0 Å². The van der Waals surface area contributed by atoms with Gasteiger partial charge in [-0.1, -0.05) is 48.5 Å². The van der Waals surface area contributed by atoms with Crippen LogP contribution in [0.15, 0.2) is 48.5 Å². The average Bonchev–Trinajstić information content (AvgIpc) is 3.18. The second kappa shape index (κ2) is 10.9. The van der Waals surface area contributed by atoms with Gasteiger partial charge in [-0.05, 0) is 29.3 Å². The number of hydrogen-bond acceptors (Lipinski definition) is 6. The van der Waals surface area contributed by atoms with Crippen molar-refractivity contribution in [1.82, 2.24) is 15.1 Å². The van der Waals surface area contributed by atoms with Crippen LogP contribution in [0.1, 0.15) is 23.5 Å². The third-order valence-corrected chi connectivity index (χ3v) is 6.79. The highest BCUT2D eigenvalue weighted by Crippen LogP contribution is 2.44. The molecule has 1 aliphatic heterocycles. The van der Waals surface area contributed by atoms with E-state index in [-0.39, 0.29) is 38.0 Å². The van der Waals surface area contributed by atoms with Crippen molar-refractivity contribution in [3.8, 4) is 11.1 Å². The highest BCUT2D eigenvalue weighted by Gasteiger charge is 2.35. The fourth-order valence-electron chi connectivity index (χ4n) is 4.84.